The van der Waals surface area contributed by atoms with Crippen molar-refractivity contribution >= 4 is 0 Å². The molecule has 0 bridgehead atoms. The first kappa shape index (κ1) is 11.5. The van der Waals surface area contributed by atoms with Crippen LogP contribution in [0.5, 0.6) is 0 Å². The van der Waals surface area contributed by atoms with Gasteiger partial charge in [-0.15, -0.1) is 0 Å². The van der Waals surface area contributed by atoms with Crippen molar-refractivity contribution < 1.29 is 9.26 Å². The lowest BCUT2D eigenvalue weighted by Crippen LogP contribution is -2.30. The molecule has 1 aromatic rings. The molecule has 0 unspecified atom stereocenters. The summed E-state index contributed by atoms with van der Waals surface area (Å²) in [7, 11) is 0. The maximum atomic E-state index is 5.86. The molecule has 0 atom stereocenters. The Morgan fingerprint density at radius 2 is 2.12 bits per heavy atom. The largest absolute Gasteiger partial charge is 0.368 e. The summed E-state index contributed by atoms with van der Waals surface area (Å²) in [5, 5.41) is 3.84. The third-order valence-electron chi connectivity index (χ3n) is 2.79. The monoisotopic (exact) mass is 225 g/mol. The molecule has 0 aliphatic heterocycles. The molecule has 1 fully saturated rings. The Hall–Kier alpha value is -0.940. The van der Waals surface area contributed by atoms with Crippen molar-refractivity contribution in [1.29, 1.82) is 0 Å². The van der Waals surface area contributed by atoms with Crippen molar-refractivity contribution in [2.75, 3.05) is 0 Å². The SMILES string of the molecule is CC(C)(N)c1noc(COC2CCCC2)n1. The van der Waals surface area contributed by atoms with Gasteiger partial charge >= 0.3 is 0 Å². The number of rotatable bonds is 4. The van der Waals surface area contributed by atoms with E-state index in [-0.39, 0.29) is 0 Å². The Labute approximate surface area is 95.3 Å². The summed E-state index contributed by atoms with van der Waals surface area (Å²) in [5.41, 5.74) is 5.30. The number of hydrogen-bond donors (Lipinski definition) is 1. The van der Waals surface area contributed by atoms with Crippen molar-refractivity contribution in [3.8, 4) is 0 Å². The minimum Gasteiger partial charge on any atom is -0.368 e. The van der Waals surface area contributed by atoms with E-state index in [0.717, 1.165) is 12.8 Å². The van der Waals surface area contributed by atoms with Gasteiger partial charge in [0.15, 0.2) is 5.82 Å². The third kappa shape index (κ3) is 2.80. The summed E-state index contributed by atoms with van der Waals surface area (Å²) in [6.07, 6.45) is 5.17. The maximum absolute atomic E-state index is 5.86. The molecule has 2 rings (SSSR count). The highest BCUT2D eigenvalue weighted by atomic mass is 16.5. The summed E-state index contributed by atoms with van der Waals surface area (Å²) >= 11 is 0. The maximum Gasteiger partial charge on any atom is 0.252 e. The van der Waals surface area contributed by atoms with E-state index in [1.165, 1.54) is 12.8 Å². The van der Waals surface area contributed by atoms with E-state index in [1.807, 2.05) is 13.8 Å². The van der Waals surface area contributed by atoms with Gasteiger partial charge in [0.05, 0.1) is 11.6 Å². The molecule has 5 nitrogen and oxygen atoms in total. The fourth-order valence-corrected chi connectivity index (χ4v) is 1.82. The van der Waals surface area contributed by atoms with Gasteiger partial charge in [-0.05, 0) is 26.7 Å². The Balaban J connectivity index is 1.87. The van der Waals surface area contributed by atoms with Gasteiger partial charge in [-0.3, -0.25) is 0 Å². The van der Waals surface area contributed by atoms with E-state index in [1.54, 1.807) is 0 Å². The van der Waals surface area contributed by atoms with E-state index < -0.39 is 5.54 Å². The van der Waals surface area contributed by atoms with Crippen LogP contribution in [-0.2, 0) is 16.9 Å². The fourth-order valence-electron chi connectivity index (χ4n) is 1.82. The Morgan fingerprint density at radius 3 is 2.69 bits per heavy atom. The lowest BCUT2D eigenvalue weighted by molar-refractivity contribution is 0.0305. The van der Waals surface area contributed by atoms with Crippen LogP contribution in [0.2, 0.25) is 0 Å². The van der Waals surface area contributed by atoms with Crippen molar-refractivity contribution in [2.45, 2.75) is 57.8 Å². The molecule has 5 heteroatoms. The zero-order valence-electron chi connectivity index (χ0n) is 9.90. The normalized spacial score (nSPS) is 18.2. The van der Waals surface area contributed by atoms with Crippen LogP contribution < -0.4 is 5.73 Å². The lowest BCUT2D eigenvalue weighted by atomic mass is 10.1. The minimum atomic E-state index is -0.560. The summed E-state index contributed by atoms with van der Waals surface area (Å²) < 4.78 is 10.8. The molecule has 90 valence electrons. The number of aromatic nitrogens is 2. The molecule has 0 amide bonds. The Morgan fingerprint density at radius 1 is 1.44 bits per heavy atom. The fraction of sp³-hybridized carbons (Fsp3) is 0.818. The standard InChI is InChI=1S/C11H19N3O2/c1-11(2,12)10-13-9(16-14-10)7-15-8-5-3-4-6-8/h8H,3-7,12H2,1-2H3. The second kappa shape index (κ2) is 4.51. The Kier molecular flexibility index (Phi) is 3.25. The first-order valence-electron chi connectivity index (χ1n) is 5.79. The van der Waals surface area contributed by atoms with Crippen molar-refractivity contribution in [3.63, 3.8) is 0 Å². The second-order valence-corrected chi connectivity index (χ2v) is 4.95. The van der Waals surface area contributed by atoms with E-state index in [2.05, 4.69) is 10.1 Å². The molecular weight excluding hydrogens is 206 g/mol. The zero-order chi connectivity index (χ0) is 11.6. The summed E-state index contributed by atoms with van der Waals surface area (Å²) in [6.45, 7) is 4.09. The highest BCUT2D eigenvalue weighted by Gasteiger charge is 2.22. The third-order valence-corrected chi connectivity index (χ3v) is 2.79. The number of hydrogen-bond acceptors (Lipinski definition) is 5. The molecule has 0 radical (unpaired) electrons. The average molecular weight is 225 g/mol. The Bertz CT molecular complexity index is 337. The van der Waals surface area contributed by atoms with Crippen molar-refractivity contribution in [3.05, 3.63) is 11.7 Å². The first-order chi connectivity index (χ1) is 7.55. The van der Waals surface area contributed by atoms with Crippen LogP contribution in [0, 0.1) is 0 Å². The molecule has 1 heterocycles. The molecule has 16 heavy (non-hydrogen) atoms. The van der Waals surface area contributed by atoms with Gasteiger partial charge < -0.3 is 15.0 Å². The smallest absolute Gasteiger partial charge is 0.252 e. The van der Waals surface area contributed by atoms with E-state index >= 15 is 0 Å². The van der Waals surface area contributed by atoms with Crippen LogP contribution in [0.3, 0.4) is 0 Å². The predicted octanol–water partition coefficient (Wildman–Crippen LogP) is 1.72. The average Bonchev–Trinajstić information content (AvgIpc) is 2.85. The zero-order valence-corrected chi connectivity index (χ0v) is 9.90. The first-order valence-corrected chi connectivity index (χ1v) is 5.79. The van der Waals surface area contributed by atoms with Crippen LogP contribution in [0.4, 0.5) is 0 Å². The molecule has 0 spiro atoms. The van der Waals surface area contributed by atoms with E-state index in [0.29, 0.717) is 24.4 Å². The van der Waals surface area contributed by atoms with E-state index in [4.69, 9.17) is 15.0 Å². The predicted molar refractivity (Wildman–Crippen MR) is 58.6 cm³/mol. The van der Waals surface area contributed by atoms with Gasteiger partial charge in [-0.1, -0.05) is 18.0 Å². The van der Waals surface area contributed by atoms with Gasteiger partial charge in [0.1, 0.15) is 6.61 Å². The quantitative estimate of drug-likeness (QED) is 0.844. The van der Waals surface area contributed by atoms with Crippen LogP contribution in [0.1, 0.15) is 51.2 Å². The topological polar surface area (TPSA) is 74.2 Å². The summed E-state index contributed by atoms with van der Waals surface area (Å²) in [6, 6.07) is 0. The molecule has 0 saturated heterocycles. The highest BCUT2D eigenvalue weighted by Crippen LogP contribution is 2.22. The van der Waals surface area contributed by atoms with Crippen LogP contribution in [0.15, 0.2) is 4.52 Å². The lowest BCUT2D eigenvalue weighted by Gasteiger charge is -2.11. The summed E-state index contributed by atoms with van der Waals surface area (Å²) in [4.78, 5) is 4.21. The second-order valence-electron chi connectivity index (χ2n) is 4.95. The number of ether oxygens (including phenoxy) is 1. The van der Waals surface area contributed by atoms with Crippen LogP contribution in [-0.4, -0.2) is 16.2 Å². The molecule has 1 aromatic heterocycles. The van der Waals surface area contributed by atoms with Crippen molar-refractivity contribution in [2.24, 2.45) is 5.73 Å². The molecule has 1 aliphatic carbocycles. The van der Waals surface area contributed by atoms with Gasteiger partial charge in [-0.2, -0.15) is 4.98 Å². The van der Waals surface area contributed by atoms with Gasteiger partial charge in [-0.25, -0.2) is 0 Å². The van der Waals surface area contributed by atoms with Gasteiger partial charge in [0.25, 0.3) is 5.89 Å². The molecule has 1 saturated carbocycles. The number of nitrogens with two attached hydrogens (primary N) is 1. The van der Waals surface area contributed by atoms with Gasteiger partial charge in [0, 0.05) is 0 Å². The van der Waals surface area contributed by atoms with Crippen molar-refractivity contribution in [1.82, 2.24) is 10.1 Å². The van der Waals surface area contributed by atoms with Crippen LogP contribution in [0.25, 0.3) is 0 Å². The van der Waals surface area contributed by atoms with Gasteiger partial charge in [0.2, 0.25) is 0 Å². The summed E-state index contributed by atoms with van der Waals surface area (Å²) in [5.74, 6) is 1.04. The molecule has 2 N–H and O–H groups in total. The molecular formula is C11H19N3O2. The molecule has 1 aliphatic rings. The minimum absolute atomic E-state index is 0.362. The van der Waals surface area contributed by atoms with E-state index in [9.17, 15) is 0 Å². The highest BCUT2D eigenvalue weighted by molar-refractivity contribution is 4.98. The molecule has 0 aromatic carbocycles. The van der Waals surface area contributed by atoms with Crippen LogP contribution >= 0.6 is 0 Å². The number of nitrogens with zero attached hydrogens (tertiary/aromatic N) is 2.